The van der Waals surface area contributed by atoms with Gasteiger partial charge >= 0.3 is 5.97 Å². The standard InChI is InChI=1S/C16H12N4O2/c21-16(22)11-3-5-13(6-4-11)19-14-7-9-18-15(20-14)12-2-1-8-17-10-12/h1-10H,(H,21,22)(H,18,19,20). The van der Waals surface area contributed by atoms with Gasteiger partial charge in [-0.15, -0.1) is 0 Å². The van der Waals surface area contributed by atoms with E-state index >= 15 is 0 Å². The molecular weight excluding hydrogens is 280 g/mol. The topological polar surface area (TPSA) is 88.0 Å². The van der Waals surface area contributed by atoms with Crippen molar-refractivity contribution >= 4 is 17.5 Å². The molecule has 2 N–H and O–H groups in total. The van der Waals surface area contributed by atoms with E-state index in [-0.39, 0.29) is 5.56 Å². The van der Waals surface area contributed by atoms with Crippen molar-refractivity contribution in [3.8, 4) is 11.4 Å². The summed E-state index contributed by atoms with van der Waals surface area (Å²) in [5.74, 6) is 0.240. The van der Waals surface area contributed by atoms with E-state index in [2.05, 4.69) is 20.3 Å². The maximum Gasteiger partial charge on any atom is 0.335 e. The smallest absolute Gasteiger partial charge is 0.335 e. The number of anilines is 2. The molecular formula is C16H12N4O2. The van der Waals surface area contributed by atoms with Gasteiger partial charge in [0, 0.05) is 29.8 Å². The lowest BCUT2D eigenvalue weighted by Gasteiger charge is -2.07. The predicted octanol–water partition coefficient (Wildman–Crippen LogP) is 2.98. The highest BCUT2D eigenvalue weighted by Gasteiger charge is 2.04. The highest BCUT2D eigenvalue weighted by molar-refractivity contribution is 5.88. The van der Waals surface area contributed by atoms with E-state index in [1.807, 2.05) is 12.1 Å². The third-order valence-corrected chi connectivity index (χ3v) is 2.98. The van der Waals surface area contributed by atoms with Crippen LogP contribution in [0.3, 0.4) is 0 Å². The van der Waals surface area contributed by atoms with Gasteiger partial charge in [0.25, 0.3) is 0 Å². The third-order valence-electron chi connectivity index (χ3n) is 2.98. The summed E-state index contributed by atoms with van der Waals surface area (Å²) in [6.07, 6.45) is 5.04. The maximum atomic E-state index is 10.8. The Kier molecular flexibility index (Phi) is 3.74. The lowest BCUT2D eigenvalue weighted by molar-refractivity contribution is 0.0697. The van der Waals surface area contributed by atoms with Crippen molar-refractivity contribution in [3.63, 3.8) is 0 Å². The van der Waals surface area contributed by atoms with Gasteiger partial charge in [-0.25, -0.2) is 14.8 Å². The number of carbonyl (C=O) groups is 1. The minimum Gasteiger partial charge on any atom is -0.478 e. The zero-order chi connectivity index (χ0) is 15.4. The van der Waals surface area contributed by atoms with Crippen molar-refractivity contribution in [3.05, 3.63) is 66.6 Å². The van der Waals surface area contributed by atoms with Crippen LogP contribution in [0, 0.1) is 0 Å². The second kappa shape index (κ2) is 6.01. The van der Waals surface area contributed by atoms with Gasteiger partial charge in [-0.2, -0.15) is 0 Å². The van der Waals surface area contributed by atoms with Crippen LogP contribution in [-0.2, 0) is 0 Å². The largest absolute Gasteiger partial charge is 0.478 e. The van der Waals surface area contributed by atoms with Crippen LogP contribution in [0.4, 0.5) is 11.5 Å². The summed E-state index contributed by atoms with van der Waals surface area (Å²) in [4.78, 5) is 23.5. The number of hydrogen-bond donors (Lipinski definition) is 2. The number of nitrogens with zero attached hydrogens (tertiary/aromatic N) is 3. The molecule has 3 aromatic rings. The van der Waals surface area contributed by atoms with Crippen LogP contribution >= 0.6 is 0 Å². The fourth-order valence-corrected chi connectivity index (χ4v) is 1.91. The van der Waals surface area contributed by atoms with Crippen LogP contribution in [0.5, 0.6) is 0 Å². The molecule has 0 saturated heterocycles. The first kappa shape index (κ1) is 13.7. The van der Waals surface area contributed by atoms with E-state index in [1.54, 1.807) is 36.8 Å². The predicted molar refractivity (Wildman–Crippen MR) is 81.9 cm³/mol. The molecule has 0 aliphatic carbocycles. The lowest BCUT2D eigenvalue weighted by atomic mass is 10.2. The van der Waals surface area contributed by atoms with Crippen LogP contribution in [0.2, 0.25) is 0 Å². The Morgan fingerprint density at radius 1 is 1.05 bits per heavy atom. The van der Waals surface area contributed by atoms with Crippen LogP contribution in [0.15, 0.2) is 61.1 Å². The van der Waals surface area contributed by atoms with E-state index < -0.39 is 5.97 Å². The molecule has 0 unspecified atom stereocenters. The first-order chi connectivity index (χ1) is 10.7. The number of carboxylic acid groups (broad SMARTS) is 1. The number of carboxylic acids is 1. The van der Waals surface area contributed by atoms with Crippen LogP contribution in [-0.4, -0.2) is 26.0 Å². The molecule has 1 aromatic carbocycles. The van der Waals surface area contributed by atoms with Crippen molar-refractivity contribution in [2.45, 2.75) is 0 Å². The molecule has 0 spiro atoms. The lowest BCUT2D eigenvalue weighted by Crippen LogP contribution is -1.99. The maximum absolute atomic E-state index is 10.8. The van der Waals surface area contributed by atoms with E-state index in [9.17, 15) is 4.79 Å². The molecule has 0 atom stereocenters. The first-order valence-electron chi connectivity index (χ1n) is 6.56. The third kappa shape index (κ3) is 3.06. The van der Waals surface area contributed by atoms with Gasteiger partial charge in [0.15, 0.2) is 5.82 Å². The highest BCUT2D eigenvalue weighted by atomic mass is 16.4. The molecule has 0 bridgehead atoms. The molecule has 0 radical (unpaired) electrons. The van der Waals surface area contributed by atoms with Crippen molar-refractivity contribution in [2.24, 2.45) is 0 Å². The number of pyridine rings is 1. The summed E-state index contributed by atoms with van der Waals surface area (Å²) in [5.41, 5.74) is 1.82. The molecule has 3 rings (SSSR count). The molecule has 6 nitrogen and oxygen atoms in total. The summed E-state index contributed by atoms with van der Waals surface area (Å²) >= 11 is 0. The van der Waals surface area contributed by atoms with E-state index in [4.69, 9.17) is 5.11 Å². The summed E-state index contributed by atoms with van der Waals surface area (Å²) in [5, 5.41) is 12.0. The van der Waals surface area contributed by atoms with Crippen LogP contribution < -0.4 is 5.32 Å². The number of nitrogens with one attached hydrogen (secondary N) is 1. The molecule has 2 aromatic heterocycles. The Bertz CT molecular complexity index is 789. The van der Waals surface area contributed by atoms with Crippen LogP contribution in [0.1, 0.15) is 10.4 Å². The SMILES string of the molecule is O=C(O)c1ccc(Nc2ccnc(-c3cccnc3)n2)cc1. The molecule has 22 heavy (non-hydrogen) atoms. The summed E-state index contributed by atoms with van der Waals surface area (Å²) in [7, 11) is 0. The van der Waals surface area contributed by atoms with Gasteiger partial charge in [-0.3, -0.25) is 4.98 Å². The Morgan fingerprint density at radius 3 is 2.55 bits per heavy atom. The number of aromatic carboxylic acids is 1. The van der Waals surface area contributed by atoms with E-state index in [1.165, 1.54) is 12.1 Å². The van der Waals surface area contributed by atoms with Crippen molar-refractivity contribution in [1.82, 2.24) is 15.0 Å². The minimum atomic E-state index is -0.951. The summed E-state index contributed by atoms with van der Waals surface area (Å²) in [6, 6.07) is 11.9. The van der Waals surface area contributed by atoms with Gasteiger partial charge in [0.1, 0.15) is 5.82 Å². The monoisotopic (exact) mass is 292 g/mol. The van der Waals surface area contributed by atoms with Crippen molar-refractivity contribution < 1.29 is 9.90 Å². The van der Waals surface area contributed by atoms with E-state index in [0.717, 1.165) is 11.3 Å². The number of rotatable bonds is 4. The van der Waals surface area contributed by atoms with Crippen molar-refractivity contribution in [1.29, 1.82) is 0 Å². The molecule has 0 aliphatic rings. The summed E-state index contributed by atoms with van der Waals surface area (Å²) in [6.45, 7) is 0. The van der Waals surface area contributed by atoms with Gasteiger partial charge in [-0.05, 0) is 42.5 Å². The average Bonchev–Trinajstić information content (AvgIpc) is 2.56. The average molecular weight is 292 g/mol. The summed E-state index contributed by atoms with van der Waals surface area (Å²) < 4.78 is 0. The molecule has 0 saturated carbocycles. The number of hydrogen-bond acceptors (Lipinski definition) is 5. The number of benzene rings is 1. The van der Waals surface area contributed by atoms with E-state index in [0.29, 0.717) is 11.6 Å². The van der Waals surface area contributed by atoms with Gasteiger partial charge in [0.2, 0.25) is 0 Å². The molecule has 0 amide bonds. The second-order valence-corrected chi connectivity index (χ2v) is 4.51. The molecule has 108 valence electrons. The quantitative estimate of drug-likeness (QED) is 0.768. The van der Waals surface area contributed by atoms with Gasteiger partial charge in [-0.1, -0.05) is 0 Å². The normalized spacial score (nSPS) is 10.2. The van der Waals surface area contributed by atoms with Crippen LogP contribution in [0.25, 0.3) is 11.4 Å². The Morgan fingerprint density at radius 2 is 1.86 bits per heavy atom. The molecule has 0 fully saturated rings. The fraction of sp³-hybridized carbons (Fsp3) is 0. The van der Waals surface area contributed by atoms with Crippen molar-refractivity contribution in [2.75, 3.05) is 5.32 Å². The molecule has 6 heteroatoms. The minimum absolute atomic E-state index is 0.240. The Balaban J connectivity index is 1.82. The fourth-order valence-electron chi connectivity index (χ4n) is 1.91. The zero-order valence-electron chi connectivity index (χ0n) is 11.5. The second-order valence-electron chi connectivity index (χ2n) is 4.51. The molecule has 0 aliphatic heterocycles. The first-order valence-corrected chi connectivity index (χ1v) is 6.56. The molecule has 2 heterocycles. The van der Waals surface area contributed by atoms with Gasteiger partial charge in [0.05, 0.1) is 5.56 Å². The zero-order valence-corrected chi connectivity index (χ0v) is 11.5. The Labute approximate surface area is 126 Å². The number of aromatic nitrogens is 3. The van der Waals surface area contributed by atoms with Gasteiger partial charge < -0.3 is 10.4 Å². The Hall–Kier alpha value is -3.28. The highest BCUT2D eigenvalue weighted by Crippen LogP contribution is 2.18.